The van der Waals surface area contributed by atoms with Crippen LogP contribution in [0.25, 0.3) is 0 Å². The van der Waals surface area contributed by atoms with Gasteiger partial charge in [0, 0.05) is 5.02 Å². The van der Waals surface area contributed by atoms with Gasteiger partial charge in [0.2, 0.25) is 0 Å². The monoisotopic (exact) mass is 285 g/mol. The third-order valence-corrected chi connectivity index (χ3v) is 3.09. The highest BCUT2D eigenvalue weighted by Gasteiger charge is 2.13. The first-order chi connectivity index (χ1) is 9.51. The summed E-state index contributed by atoms with van der Waals surface area (Å²) in [7, 11) is 0. The molecule has 0 unspecified atom stereocenters. The van der Waals surface area contributed by atoms with E-state index in [1.165, 1.54) is 0 Å². The average Bonchev–Trinajstić information content (AvgIpc) is 2.42. The molecule has 2 rings (SSSR count). The fraction of sp³-hybridized carbons (Fsp3) is 0.125. The largest absolute Gasteiger partial charge is 0.422 e. The summed E-state index contributed by atoms with van der Waals surface area (Å²) in [6.07, 6.45) is 0. The number of halogens is 1. The van der Waals surface area contributed by atoms with E-state index in [9.17, 15) is 4.79 Å². The SMILES string of the molecule is Cc1cc(Cl)cc(C)c1OC(=O)c1ccc(C#N)cc1. The number of hydrogen-bond acceptors (Lipinski definition) is 3. The van der Waals surface area contributed by atoms with Crippen molar-refractivity contribution in [1.82, 2.24) is 0 Å². The van der Waals surface area contributed by atoms with E-state index in [2.05, 4.69) is 0 Å². The Kier molecular flexibility index (Phi) is 4.07. The summed E-state index contributed by atoms with van der Waals surface area (Å²) in [6.45, 7) is 3.67. The van der Waals surface area contributed by atoms with Gasteiger partial charge in [-0.15, -0.1) is 0 Å². The van der Waals surface area contributed by atoms with Crippen LogP contribution < -0.4 is 4.74 Å². The lowest BCUT2D eigenvalue weighted by atomic mass is 10.1. The number of rotatable bonds is 2. The van der Waals surface area contributed by atoms with Crippen LogP contribution >= 0.6 is 11.6 Å². The molecule has 20 heavy (non-hydrogen) atoms. The maximum absolute atomic E-state index is 12.1. The molecule has 0 aromatic heterocycles. The van der Waals surface area contributed by atoms with Gasteiger partial charge in [0.05, 0.1) is 17.2 Å². The van der Waals surface area contributed by atoms with Crippen LogP contribution in [0.3, 0.4) is 0 Å². The molecule has 100 valence electrons. The van der Waals surface area contributed by atoms with Gasteiger partial charge >= 0.3 is 5.97 Å². The number of nitrogens with zero attached hydrogens (tertiary/aromatic N) is 1. The molecule has 0 heterocycles. The van der Waals surface area contributed by atoms with E-state index in [1.54, 1.807) is 36.4 Å². The van der Waals surface area contributed by atoms with E-state index >= 15 is 0 Å². The zero-order valence-electron chi connectivity index (χ0n) is 11.1. The van der Waals surface area contributed by atoms with Gasteiger partial charge < -0.3 is 4.74 Å². The van der Waals surface area contributed by atoms with Gasteiger partial charge in [0.25, 0.3) is 0 Å². The maximum Gasteiger partial charge on any atom is 0.343 e. The Labute approximate surface area is 122 Å². The molecule has 2 aromatic rings. The van der Waals surface area contributed by atoms with Crippen LogP contribution in [0.5, 0.6) is 5.75 Å². The molecule has 0 saturated heterocycles. The maximum atomic E-state index is 12.1. The van der Waals surface area contributed by atoms with Crippen LogP contribution in [0.4, 0.5) is 0 Å². The van der Waals surface area contributed by atoms with E-state index in [4.69, 9.17) is 21.6 Å². The fourth-order valence-electron chi connectivity index (χ4n) is 1.89. The Bertz CT molecular complexity index is 676. The number of carbonyl (C=O) groups excluding carboxylic acids is 1. The van der Waals surface area contributed by atoms with Crippen molar-refractivity contribution in [2.24, 2.45) is 0 Å². The molecule has 0 amide bonds. The van der Waals surface area contributed by atoms with Crippen molar-refractivity contribution < 1.29 is 9.53 Å². The number of nitriles is 1. The first kappa shape index (κ1) is 14.1. The van der Waals surface area contributed by atoms with Crippen LogP contribution in [0, 0.1) is 25.2 Å². The molecule has 0 aliphatic heterocycles. The molecule has 3 nitrogen and oxygen atoms in total. The second-order valence-corrected chi connectivity index (χ2v) is 4.88. The van der Waals surface area contributed by atoms with E-state index in [0.29, 0.717) is 21.9 Å². The van der Waals surface area contributed by atoms with Gasteiger partial charge in [-0.3, -0.25) is 0 Å². The summed E-state index contributed by atoms with van der Waals surface area (Å²) in [5.41, 5.74) is 2.51. The quantitative estimate of drug-likeness (QED) is 0.618. The molecular formula is C16H12ClNO2. The first-order valence-corrected chi connectivity index (χ1v) is 6.38. The molecule has 0 atom stereocenters. The Morgan fingerprint density at radius 3 is 2.20 bits per heavy atom. The third kappa shape index (κ3) is 2.98. The van der Waals surface area contributed by atoms with Gasteiger partial charge in [-0.1, -0.05) is 11.6 Å². The van der Waals surface area contributed by atoms with Gasteiger partial charge in [0.15, 0.2) is 0 Å². The lowest BCUT2D eigenvalue weighted by Gasteiger charge is -2.11. The molecule has 0 radical (unpaired) electrons. The minimum absolute atomic E-state index is 0.401. The van der Waals surface area contributed by atoms with Gasteiger partial charge in [-0.25, -0.2) is 4.79 Å². The summed E-state index contributed by atoms with van der Waals surface area (Å²) >= 11 is 5.94. The highest BCUT2D eigenvalue weighted by atomic mass is 35.5. The van der Waals surface area contributed by atoms with Crippen LogP contribution in [0.15, 0.2) is 36.4 Å². The summed E-state index contributed by atoms with van der Waals surface area (Å²) < 4.78 is 5.41. The predicted molar refractivity (Wildman–Crippen MR) is 77.0 cm³/mol. The molecule has 0 saturated carbocycles. The Hall–Kier alpha value is -2.31. The van der Waals surface area contributed by atoms with Gasteiger partial charge in [0.1, 0.15) is 5.75 Å². The number of ether oxygens (including phenoxy) is 1. The molecular weight excluding hydrogens is 274 g/mol. The Balaban J connectivity index is 2.26. The summed E-state index contributed by atoms with van der Waals surface area (Å²) in [4.78, 5) is 12.1. The fourth-order valence-corrected chi connectivity index (χ4v) is 2.22. The molecule has 0 N–H and O–H groups in total. The van der Waals surface area contributed by atoms with E-state index in [1.807, 2.05) is 19.9 Å². The minimum Gasteiger partial charge on any atom is -0.422 e. The molecule has 0 fully saturated rings. The average molecular weight is 286 g/mol. The molecule has 0 spiro atoms. The predicted octanol–water partition coefficient (Wildman–Crippen LogP) is 4.05. The molecule has 0 bridgehead atoms. The van der Waals surface area contributed by atoms with E-state index in [-0.39, 0.29) is 0 Å². The zero-order chi connectivity index (χ0) is 14.7. The van der Waals surface area contributed by atoms with Crippen molar-refractivity contribution >= 4 is 17.6 Å². The normalized spacial score (nSPS) is 9.90. The number of carbonyl (C=O) groups is 1. The van der Waals surface area contributed by atoms with Gasteiger partial charge in [-0.2, -0.15) is 5.26 Å². The summed E-state index contributed by atoms with van der Waals surface area (Å²) in [5, 5.41) is 9.33. The van der Waals surface area contributed by atoms with Crippen molar-refractivity contribution in [3.05, 3.63) is 63.7 Å². The molecule has 0 aliphatic rings. The molecule has 4 heteroatoms. The standard InChI is InChI=1S/C16H12ClNO2/c1-10-7-14(17)8-11(2)15(10)20-16(19)13-5-3-12(9-18)4-6-13/h3-8H,1-2H3. The molecule has 0 aliphatic carbocycles. The zero-order valence-corrected chi connectivity index (χ0v) is 11.9. The lowest BCUT2D eigenvalue weighted by Crippen LogP contribution is -2.10. The number of esters is 1. The smallest absolute Gasteiger partial charge is 0.343 e. The minimum atomic E-state index is -0.456. The Morgan fingerprint density at radius 1 is 1.15 bits per heavy atom. The highest BCUT2D eigenvalue weighted by molar-refractivity contribution is 6.30. The first-order valence-electron chi connectivity index (χ1n) is 6.00. The second-order valence-electron chi connectivity index (χ2n) is 4.45. The number of benzene rings is 2. The Morgan fingerprint density at radius 2 is 1.70 bits per heavy atom. The van der Waals surface area contributed by atoms with Crippen LogP contribution in [0.2, 0.25) is 5.02 Å². The van der Waals surface area contributed by atoms with Crippen LogP contribution in [0.1, 0.15) is 27.0 Å². The van der Waals surface area contributed by atoms with Crippen molar-refractivity contribution in [3.63, 3.8) is 0 Å². The summed E-state index contributed by atoms with van der Waals surface area (Å²) in [5.74, 6) is 0.0618. The lowest BCUT2D eigenvalue weighted by molar-refractivity contribution is 0.0732. The van der Waals surface area contributed by atoms with Crippen molar-refractivity contribution in [1.29, 1.82) is 5.26 Å². The van der Waals surface area contributed by atoms with Crippen molar-refractivity contribution in [2.75, 3.05) is 0 Å². The number of hydrogen-bond donors (Lipinski definition) is 0. The highest BCUT2D eigenvalue weighted by Crippen LogP contribution is 2.27. The summed E-state index contributed by atoms with van der Waals surface area (Å²) in [6, 6.07) is 11.8. The van der Waals surface area contributed by atoms with Gasteiger partial charge in [-0.05, 0) is 61.4 Å². The topological polar surface area (TPSA) is 50.1 Å². The van der Waals surface area contributed by atoms with Crippen LogP contribution in [-0.4, -0.2) is 5.97 Å². The molecule has 2 aromatic carbocycles. The van der Waals surface area contributed by atoms with Crippen molar-refractivity contribution in [2.45, 2.75) is 13.8 Å². The van der Waals surface area contributed by atoms with E-state index < -0.39 is 5.97 Å². The number of aryl methyl sites for hydroxylation is 2. The second kappa shape index (κ2) is 5.77. The van der Waals surface area contributed by atoms with Crippen molar-refractivity contribution in [3.8, 4) is 11.8 Å². The van der Waals surface area contributed by atoms with Crippen LogP contribution in [-0.2, 0) is 0 Å². The van der Waals surface area contributed by atoms with E-state index in [0.717, 1.165) is 11.1 Å². The third-order valence-electron chi connectivity index (χ3n) is 2.87.